The number of alkyl halides is 3. The minimum absolute atomic E-state index is 0.164. The Morgan fingerprint density at radius 2 is 1.40 bits per heavy atom. The summed E-state index contributed by atoms with van der Waals surface area (Å²) in [7, 11) is 0. The van der Waals surface area contributed by atoms with Crippen LogP contribution in [0.1, 0.15) is 5.56 Å². The largest absolute Gasteiger partial charge is 0.422 e. The van der Waals surface area contributed by atoms with Gasteiger partial charge in [0.1, 0.15) is 11.3 Å². The second kappa shape index (κ2) is 7.04. The Kier molecular flexibility index (Phi) is 5.43. The third-order valence-electron chi connectivity index (χ3n) is 2.91. The molecular formula is C14H6ClF7N2S. The standard InChI is InChI=1S/C14H6ClF7N2S/c15-5-3-1-2-4-6(5)23-13(25)24-12-10(18)8(16)7(14(20,21)22)9(17)11(12)19/h1-4H,(H2,23,24,25). The first-order valence-corrected chi connectivity index (χ1v) is 7.08. The molecule has 0 aliphatic rings. The summed E-state index contributed by atoms with van der Waals surface area (Å²) < 4.78 is 92.1. The fourth-order valence-corrected chi connectivity index (χ4v) is 2.21. The average molecular weight is 403 g/mol. The van der Waals surface area contributed by atoms with Gasteiger partial charge in [-0.15, -0.1) is 0 Å². The Balaban J connectivity index is 2.38. The maximum atomic E-state index is 13.8. The van der Waals surface area contributed by atoms with Crippen molar-refractivity contribution in [3.63, 3.8) is 0 Å². The van der Waals surface area contributed by atoms with Gasteiger partial charge in [-0.1, -0.05) is 23.7 Å². The minimum atomic E-state index is -5.62. The molecule has 0 atom stereocenters. The summed E-state index contributed by atoms with van der Waals surface area (Å²) in [6.07, 6.45) is -5.62. The zero-order valence-corrected chi connectivity index (χ0v) is 13.3. The van der Waals surface area contributed by atoms with Crippen molar-refractivity contribution in [3.05, 3.63) is 58.1 Å². The first-order valence-electron chi connectivity index (χ1n) is 6.29. The van der Waals surface area contributed by atoms with E-state index in [1.165, 1.54) is 18.2 Å². The lowest BCUT2D eigenvalue weighted by molar-refractivity contribution is -0.143. The molecular weight excluding hydrogens is 397 g/mol. The van der Waals surface area contributed by atoms with Gasteiger partial charge in [-0.25, -0.2) is 17.6 Å². The first kappa shape index (κ1) is 19.3. The van der Waals surface area contributed by atoms with E-state index in [-0.39, 0.29) is 10.7 Å². The van der Waals surface area contributed by atoms with Gasteiger partial charge in [-0.3, -0.25) is 0 Å². The Bertz CT molecular complexity index is 810. The molecule has 2 aromatic carbocycles. The highest BCUT2D eigenvalue weighted by Crippen LogP contribution is 2.38. The van der Waals surface area contributed by atoms with Crippen LogP contribution in [0.3, 0.4) is 0 Å². The number of hydrogen-bond acceptors (Lipinski definition) is 1. The van der Waals surface area contributed by atoms with E-state index in [1.54, 1.807) is 11.4 Å². The predicted octanol–water partition coefficient (Wildman–Crippen LogP) is 5.72. The molecule has 0 aromatic heterocycles. The van der Waals surface area contributed by atoms with E-state index in [9.17, 15) is 30.7 Å². The van der Waals surface area contributed by atoms with Crippen molar-refractivity contribution in [2.45, 2.75) is 6.18 Å². The van der Waals surface area contributed by atoms with Gasteiger partial charge in [0.2, 0.25) is 0 Å². The normalized spacial score (nSPS) is 11.4. The summed E-state index contributed by atoms with van der Waals surface area (Å²) in [6, 6.07) is 5.99. The lowest BCUT2D eigenvalue weighted by Crippen LogP contribution is -2.23. The maximum Gasteiger partial charge on any atom is 0.422 e. The van der Waals surface area contributed by atoms with Crippen molar-refractivity contribution in [2.75, 3.05) is 10.6 Å². The van der Waals surface area contributed by atoms with Gasteiger partial charge in [0.25, 0.3) is 0 Å². The summed E-state index contributed by atoms with van der Waals surface area (Å²) >= 11 is 10.5. The second-order valence-electron chi connectivity index (χ2n) is 4.56. The zero-order valence-electron chi connectivity index (χ0n) is 11.7. The van der Waals surface area contributed by atoms with Crippen LogP contribution >= 0.6 is 23.8 Å². The van der Waals surface area contributed by atoms with E-state index in [4.69, 9.17) is 23.8 Å². The Hall–Kier alpha value is -2.07. The van der Waals surface area contributed by atoms with Crippen molar-refractivity contribution in [1.82, 2.24) is 0 Å². The predicted molar refractivity (Wildman–Crippen MR) is 82.6 cm³/mol. The molecule has 0 fully saturated rings. The van der Waals surface area contributed by atoms with Gasteiger partial charge < -0.3 is 10.6 Å². The highest BCUT2D eigenvalue weighted by molar-refractivity contribution is 7.80. The van der Waals surface area contributed by atoms with E-state index in [0.29, 0.717) is 0 Å². The van der Waals surface area contributed by atoms with Crippen LogP contribution in [0.2, 0.25) is 5.02 Å². The summed E-state index contributed by atoms with van der Waals surface area (Å²) in [5.74, 6) is -9.71. The molecule has 2 nitrogen and oxygen atoms in total. The molecule has 0 heterocycles. The van der Waals surface area contributed by atoms with Crippen LogP contribution < -0.4 is 10.6 Å². The van der Waals surface area contributed by atoms with Crippen molar-refractivity contribution in [2.24, 2.45) is 0 Å². The van der Waals surface area contributed by atoms with Crippen molar-refractivity contribution in [1.29, 1.82) is 0 Å². The van der Waals surface area contributed by atoms with Crippen molar-refractivity contribution >= 4 is 40.3 Å². The molecule has 2 aromatic rings. The van der Waals surface area contributed by atoms with Gasteiger partial charge >= 0.3 is 6.18 Å². The number of halogens is 8. The summed E-state index contributed by atoms with van der Waals surface area (Å²) in [6.45, 7) is 0. The topological polar surface area (TPSA) is 24.1 Å². The number of hydrogen-bond donors (Lipinski definition) is 2. The lowest BCUT2D eigenvalue weighted by atomic mass is 10.1. The smallest absolute Gasteiger partial charge is 0.331 e. The average Bonchev–Trinajstić information content (AvgIpc) is 2.51. The molecule has 0 saturated heterocycles. The number of benzene rings is 2. The molecule has 0 aliphatic carbocycles. The van der Waals surface area contributed by atoms with Gasteiger partial charge in [0.15, 0.2) is 28.4 Å². The number of para-hydroxylation sites is 1. The van der Waals surface area contributed by atoms with Crippen LogP contribution in [-0.2, 0) is 6.18 Å². The van der Waals surface area contributed by atoms with Crippen LogP contribution in [0.4, 0.5) is 42.1 Å². The molecule has 0 bridgehead atoms. The first-order chi connectivity index (χ1) is 11.5. The Morgan fingerprint density at radius 1 is 0.880 bits per heavy atom. The van der Waals surface area contributed by atoms with Crippen LogP contribution in [0, 0.1) is 23.3 Å². The monoisotopic (exact) mass is 402 g/mol. The molecule has 134 valence electrons. The zero-order chi connectivity index (χ0) is 18.9. The van der Waals surface area contributed by atoms with Gasteiger partial charge in [0, 0.05) is 0 Å². The highest BCUT2D eigenvalue weighted by Gasteiger charge is 2.42. The fourth-order valence-electron chi connectivity index (χ4n) is 1.82. The van der Waals surface area contributed by atoms with E-state index in [1.807, 2.05) is 0 Å². The summed E-state index contributed by atoms with van der Waals surface area (Å²) in [5, 5.41) is 3.78. The van der Waals surface area contributed by atoms with Crippen LogP contribution in [0.25, 0.3) is 0 Å². The SMILES string of the molecule is Fc1c(F)c(C(F)(F)F)c(F)c(F)c1NC(=S)Nc1ccccc1Cl. The number of thiocarbonyl (C=S) groups is 1. The minimum Gasteiger partial charge on any atom is -0.331 e. The Labute approximate surface area is 146 Å². The molecule has 0 unspecified atom stereocenters. The second-order valence-corrected chi connectivity index (χ2v) is 5.38. The van der Waals surface area contributed by atoms with Crippen LogP contribution in [-0.4, -0.2) is 5.11 Å². The Morgan fingerprint density at radius 3 is 1.88 bits per heavy atom. The van der Waals surface area contributed by atoms with Gasteiger partial charge in [0.05, 0.1) is 10.7 Å². The van der Waals surface area contributed by atoms with Gasteiger partial charge in [-0.2, -0.15) is 13.2 Å². The maximum absolute atomic E-state index is 13.8. The molecule has 0 radical (unpaired) electrons. The van der Waals surface area contributed by atoms with E-state index >= 15 is 0 Å². The molecule has 0 aliphatic heterocycles. The number of nitrogens with one attached hydrogen (secondary N) is 2. The van der Waals surface area contributed by atoms with E-state index in [2.05, 4.69) is 5.32 Å². The number of rotatable bonds is 2. The molecule has 2 N–H and O–H groups in total. The summed E-state index contributed by atoms with van der Waals surface area (Å²) in [5.41, 5.74) is -3.99. The quantitative estimate of drug-likeness (QED) is 0.381. The van der Waals surface area contributed by atoms with Crippen LogP contribution in [0.5, 0.6) is 0 Å². The van der Waals surface area contributed by atoms with Gasteiger partial charge in [-0.05, 0) is 24.4 Å². The van der Waals surface area contributed by atoms with Crippen molar-refractivity contribution < 1.29 is 30.7 Å². The molecule has 0 spiro atoms. The molecule has 0 amide bonds. The third kappa shape index (κ3) is 3.96. The molecule has 2 rings (SSSR count). The van der Waals surface area contributed by atoms with E-state index < -0.39 is 45.8 Å². The van der Waals surface area contributed by atoms with E-state index in [0.717, 1.165) is 0 Å². The molecule has 25 heavy (non-hydrogen) atoms. The third-order valence-corrected chi connectivity index (χ3v) is 3.44. The highest BCUT2D eigenvalue weighted by atomic mass is 35.5. The number of anilines is 2. The fraction of sp³-hybridized carbons (Fsp3) is 0.0714. The lowest BCUT2D eigenvalue weighted by Gasteiger charge is -2.16. The van der Waals surface area contributed by atoms with Crippen molar-refractivity contribution in [3.8, 4) is 0 Å². The summed E-state index contributed by atoms with van der Waals surface area (Å²) in [4.78, 5) is 0. The molecule has 0 saturated carbocycles. The van der Waals surface area contributed by atoms with Crippen LogP contribution in [0.15, 0.2) is 24.3 Å². The molecule has 11 heteroatoms.